The maximum atomic E-state index is 11.7. The van der Waals surface area contributed by atoms with Crippen molar-refractivity contribution in [1.29, 1.82) is 0 Å². The van der Waals surface area contributed by atoms with Gasteiger partial charge in [0.1, 0.15) is 0 Å². The summed E-state index contributed by atoms with van der Waals surface area (Å²) in [4.78, 5) is 23.0. The Morgan fingerprint density at radius 1 is 1.24 bits per heavy atom. The van der Waals surface area contributed by atoms with Gasteiger partial charge in [-0.2, -0.15) is 0 Å². The molecule has 3 N–H and O–H groups in total. The number of aliphatic carboxylic acids is 1. The molecule has 0 heterocycles. The highest BCUT2D eigenvalue weighted by molar-refractivity contribution is 5.80. The van der Waals surface area contributed by atoms with E-state index in [0.29, 0.717) is 12.8 Å². The lowest BCUT2D eigenvalue weighted by Crippen LogP contribution is -2.43. The van der Waals surface area contributed by atoms with Gasteiger partial charge in [0.2, 0.25) is 0 Å². The van der Waals surface area contributed by atoms with Crippen LogP contribution in [0.3, 0.4) is 0 Å². The summed E-state index contributed by atoms with van der Waals surface area (Å²) in [5.74, 6) is -1.18. The fourth-order valence-corrected chi connectivity index (χ4v) is 1.92. The average molecular weight is 295 g/mol. The summed E-state index contributed by atoms with van der Waals surface area (Å²) >= 11 is 0. The summed E-state index contributed by atoms with van der Waals surface area (Å²) in [6.07, 6.45) is 0.860. The molecule has 0 atom stereocenters. The molecule has 0 unspecified atom stereocenters. The first kappa shape index (κ1) is 16.8. The summed E-state index contributed by atoms with van der Waals surface area (Å²) in [6, 6.07) is 6.32. The highest BCUT2D eigenvalue weighted by atomic mass is 16.5. The molecule has 0 fully saturated rings. The number of carboxylic acids is 1. The molecule has 6 heteroatoms. The molecule has 0 aromatic heterocycles. The standard InChI is InChI=1S/C15H21NO5/c1-3-15(4-2,14(19)20)10-16-13(18)9-21-12-8-6-5-7-11(12)17/h5-8,17H,3-4,9-10H2,1-2H3,(H,16,18)(H,19,20). The predicted octanol–water partition coefficient (Wildman–Crippen LogP) is 1.78. The van der Waals surface area contributed by atoms with E-state index in [-0.39, 0.29) is 24.7 Å². The zero-order valence-corrected chi connectivity index (χ0v) is 12.3. The van der Waals surface area contributed by atoms with Crippen LogP contribution in [0.15, 0.2) is 24.3 Å². The maximum absolute atomic E-state index is 11.7. The van der Waals surface area contributed by atoms with E-state index in [2.05, 4.69) is 5.32 Å². The Labute approximate surface area is 123 Å². The van der Waals surface area contributed by atoms with Gasteiger partial charge in [-0.05, 0) is 25.0 Å². The third-order valence-electron chi connectivity index (χ3n) is 3.66. The van der Waals surface area contributed by atoms with Crippen LogP contribution in [0.1, 0.15) is 26.7 Å². The molecule has 21 heavy (non-hydrogen) atoms. The van der Waals surface area contributed by atoms with E-state index in [1.165, 1.54) is 6.07 Å². The van der Waals surface area contributed by atoms with E-state index in [0.717, 1.165) is 0 Å². The number of aromatic hydroxyl groups is 1. The van der Waals surface area contributed by atoms with Crippen molar-refractivity contribution in [2.45, 2.75) is 26.7 Å². The summed E-state index contributed by atoms with van der Waals surface area (Å²) in [7, 11) is 0. The molecule has 1 aromatic carbocycles. The van der Waals surface area contributed by atoms with Crippen molar-refractivity contribution in [3.8, 4) is 11.5 Å². The summed E-state index contributed by atoms with van der Waals surface area (Å²) < 4.78 is 5.18. The molecule has 6 nitrogen and oxygen atoms in total. The number of nitrogens with one attached hydrogen (secondary N) is 1. The third kappa shape index (κ3) is 4.37. The molecule has 0 saturated carbocycles. The third-order valence-corrected chi connectivity index (χ3v) is 3.66. The number of carboxylic acid groups (broad SMARTS) is 1. The lowest BCUT2D eigenvalue weighted by Gasteiger charge is -2.26. The fraction of sp³-hybridized carbons (Fsp3) is 0.467. The molecule has 0 aliphatic carbocycles. The molecular weight excluding hydrogens is 274 g/mol. The summed E-state index contributed by atoms with van der Waals surface area (Å²) in [6.45, 7) is 3.34. The van der Waals surface area contributed by atoms with Crippen LogP contribution >= 0.6 is 0 Å². The van der Waals surface area contributed by atoms with Crippen molar-refractivity contribution < 1.29 is 24.5 Å². The lowest BCUT2D eigenvalue weighted by molar-refractivity contribution is -0.149. The number of para-hydroxylation sites is 2. The van der Waals surface area contributed by atoms with Gasteiger partial charge in [0, 0.05) is 6.54 Å². The second kappa shape index (κ2) is 7.52. The van der Waals surface area contributed by atoms with Gasteiger partial charge >= 0.3 is 5.97 Å². The van der Waals surface area contributed by atoms with E-state index >= 15 is 0 Å². The number of ether oxygens (including phenoxy) is 1. The van der Waals surface area contributed by atoms with E-state index in [4.69, 9.17) is 4.74 Å². The molecule has 1 amide bonds. The molecule has 0 aliphatic heterocycles. The molecular formula is C15H21NO5. The number of benzene rings is 1. The largest absolute Gasteiger partial charge is 0.504 e. The van der Waals surface area contributed by atoms with Crippen molar-refractivity contribution in [2.24, 2.45) is 5.41 Å². The van der Waals surface area contributed by atoms with Crippen molar-refractivity contribution in [3.63, 3.8) is 0 Å². The highest BCUT2D eigenvalue weighted by Gasteiger charge is 2.35. The Balaban J connectivity index is 2.51. The molecule has 116 valence electrons. The first-order chi connectivity index (χ1) is 9.95. The number of rotatable bonds is 8. The van der Waals surface area contributed by atoms with Crippen LogP contribution in [-0.2, 0) is 9.59 Å². The molecule has 1 aromatic rings. The number of carbonyl (C=O) groups excluding carboxylic acids is 1. The van der Waals surface area contributed by atoms with Crippen LogP contribution in [-0.4, -0.2) is 35.2 Å². The van der Waals surface area contributed by atoms with Crippen LogP contribution in [0.25, 0.3) is 0 Å². The predicted molar refractivity (Wildman–Crippen MR) is 77.3 cm³/mol. The van der Waals surface area contributed by atoms with Crippen molar-refractivity contribution >= 4 is 11.9 Å². The Morgan fingerprint density at radius 2 is 1.86 bits per heavy atom. The monoisotopic (exact) mass is 295 g/mol. The van der Waals surface area contributed by atoms with E-state index < -0.39 is 17.3 Å². The zero-order chi connectivity index (χ0) is 15.9. The SMILES string of the molecule is CCC(CC)(CNC(=O)COc1ccccc1O)C(=O)O. The molecule has 0 bridgehead atoms. The van der Waals surface area contributed by atoms with Gasteiger partial charge < -0.3 is 20.3 Å². The van der Waals surface area contributed by atoms with Gasteiger partial charge in [0.05, 0.1) is 5.41 Å². The van der Waals surface area contributed by atoms with E-state index in [1.807, 2.05) is 0 Å². The first-order valence-corrected chi connectivity index (χ1v) is 6.86. The van der Waals surface area contributed by atoms with Crippen molar-refractivity contribution in [1.82, 2.24) is 5.32 Å². The van der Waals surface area contributed by atoms with Gasteiger partial charge in [0.15, 0.2) is 18.1 Å². The Morgan fingerprint density at radius 3 is 2.38 bits per heavy atom. The Kier molecular flexibility index (Phi) is 6.02. The molecule has 0 radical (unpaired) electrons. The maximum Gasteiger partial charge on any atom is 0.311 e. The van der Waals surface area contributed by atoms with Gasteiger partial charge in [-0.25, -0.2) is 0 Å². The van der Waals surface area contributed by atoms with Crippen LogP contribution in [0.4, 0.5) is 0 Å². The smallest absolute Gasteiger partial charge is 0.311 e. The van der Waals surface area contributed by atoms with Crippen LogP contribution < -0.4 is 10.1 Å². The molecule has 0 aliphatic rings. The normalized spacial score (nSPS) is 11.0. The summed E-state index contributed by atoms with van der Waals surface area (Å²) in [5, 5.41) is 21.3. The minimum absolute atomic E-state index is 0.0488. The van der Waals surface area contributed by atoms with Crippen molar-refractivity contribution in [3.05, 3.63) is 24.3 Å². The number of amides is 1. The van der Waals surface area contributed by atoms with Gasteiger partial charge in [-0.3, -0.25) is 9.59 Å². The highest BCUT2D eigenvalue weighted by Crippen LogP contribution is 2.26. The Bertz CT molecular complexity index is 497. The topological polar surface area (TPSA) is 95.9 Å². The number of hydrogen-bond acceptors (Lipinski definition) is 4. The zero-order valence-electron chi connectivity index (χ0n) is 12.3. The number of phenols is 1. The van der Waals surface area contributed by atoms with Crippen LogP contribution in [0.5, 0.6) is 11.5 Å². The number of carbonyl (C=O) groups is 2. The number of phenolic OH excluding ortho intramolecular Hbond substituents is 1. The van der Waals surface area contributed by atoms with Crippen molar-refractivity contribution in [2.75, 3.05) is 13.2 Å². The van der Waals surface area contributed by atoms with Crippen LogP contribution in [0, 0.1) is 5.41 Å². The Hall–Kier alpha value is -2.24. The van der Waals surface area contributed by atoms with Gasteiger partial charge in [0.25, 0.3) is 5.91 Å². The molecule has 1 rings (SSSR count). The quantitative estimate of drug-likeness (QED) is 0.679. The van der Waals surface area contributed by atoms with Gasteiger partial charge in [-0.1, -0.05) is 26.0 Å². The summed E-state index contributed by atoms with van der Waals surface area (Å²) in [5.41, 5.74) is -0.954. The second-order valence-electron chi connectivity index (χ2n) is 4.83. The molecule has 0 saturated heterocycles. The van der Waals surface area contributed by atoms with Crippen LogP contribution in [0.2, 0.25) is 0 Å². The average Bonchev–Trinajstić information content (AvgIpc) is 2.47. The molecule has 0 spiro atoms. The lowest BCUT2D eigenvalue weighted by atomic mass is 9.82. The van der Waals surface area contributed by atoms with Gasteiger partial charge in [-0.15, -0.1) is 0 Å². The fourth-order valence-electron chi connectivity index (χ4n) is 1.92. The minimum Gasteiger partial charge on any atom is -0.504 e. The van der Waals surface area contributed by atoms with E-state index in [9.17, 15) is 19.8 Å². The van der Waals surface area contributed by atoms with E-state index in [1.54, 1.807) is 32.0 Å². The number of hydrogen-bond donors (Lipinski definition) is 3. The first-order valence-electron chi connectivity index (χ1n) is 6.86. The second-order valence-corrected chi connectivity index (χ2v) is 4.83. The minimum atomic E-state index is -0.954.